The van der Waals surface area contributed by atoms with E-state index in [1.54, 1.807) is 12.1 Å². The van der Waals surface area contributed by atoms with Crippen molar-refractivity contribution < 1.29 is 13.2 Å². The highest BCUT2D eigenvalue weighted by molar-refractivity contribution is 7.89. The fourth-order valence-corrected chi connectivity index (χ4v) is 4.04. The Morgan fingerprint density at radius 3 is 2.61 bits per heavy atom. The van der Waals surface area contributed by atoms with Crippen LogP contribution in [0.1, 0.15) is 12.8 Å². The van der Waals surface area contributed by atoms with Crippen LogP contribution in [-0.4, -0.2) is 43.0 Å². The zero-order chi connectivity index (χ0) is 12.8. The van der Waals surface area contributed by atoms with Crippen LogP contribution in [0.5, 0.6) is 0 Å². The molecule has 98 valence electrons. The predicted molar refractivity (Wildman–Crippen MR) is 65.3 cm³/mol. The number of anilines is 1. The second-order valence-electron chi connectivity index (χ2n) is 4.68. The fraction of sp³-hybridized carbons (Fsp3) is 0.545. The Kier molecular flexibility index (Phi) is 2.76. The first-order chi connectivity index (χ1) is 8.57. The molecule has 0 saturated carbocycles. The van der Waals surface area contributed by atoms with E-state index in [-0.39, 0.29) is 22.9 Å². The number of sulfonamides is 1. The van der Waals surface area contributed by atoms with E-state index in [2.05, 4.69) is 4.98 Å². The third-order valence-corrected chi connectivity index (χ3v) is 5.20. The van der Waals surface area contributed by atoms with Crippen LogP contribution in [-0.2, 0) is 14.8 Å². The van der Waals surface area contributed by atoms with Gasteiger partial charge in [-0.2, -0.15) is 4.31 Å². The van der Waals surface area contributed by atoms with E-state index >= 15 is 0 Å². The van der Waals surface area contributed by atoms with Crippen molar-refractivity contribution >= 4 is 15.7 Å². The summed E-state index contributed by atoms with van der Waals surface area (Å²) in [7, 11) is -3.60. The summed E-state index contributed by atoms with van der Waals surface area (Å²) >= 11 is 0. The van der Waals surface area contributed by atoms with Crippen molar-refractivity contribution in [2.45, 2.75) is 30.1 Å². The number of nitrogen functional groups attached to an aromatic ring is 1. The molecule has 3 heterocycles. The van der Waals surface area contributed by atoms with Crippen molar-refractivity contribution in [3.05, 3.63) is 18.3 Å². The molecule has 0 aliphatic carbocycles. The third kappa shape index (κ3) is 1.88. The maximum atomic E-state index is 12.5. The van der Waals surface area contributed by atoms with E-state index in [0.717, 1.165) is 12.8 Å². The highest BCUT2D eigenvalue weighted by Crippen LogP contribution is 2.30. The van der Waals surface area contributed by atoms with Crippen LogP contribution >= 0.6 is 0 Å². The monoisotopic (exact) mass is 269 g/mol. The molecule has 2 aliphatic rings. The van der Waals surface area contributed by atoms with Crippen LogP contribution in [0.4, 0.5) is 5.69 Å². The molecule has 6 nitrogen and oxygen atoms in total. The van der Waals surface area contributed by atoms with Gasteiger partial charge in [-0.25, -0.2) is 13.4 Å². The number of morpholine rings is 1. The second-order valence-corrected chi connectivity index (χ2v) is 6.53. The van der Waals surface area contributed by atoms with Gasteiger partial charge < -0.3 is 10.5 Å². The first-order valence-corrected chi connectivity index (χ1v) is 7.37. The van der Waals surface area contributed by atoms with Gasteiger partial charge in [0, 0.05) is 19.3 Å². The lowest BCUT2D eigenvalue weighted by molar-refractivity contribution is -0.0115. The summed E-state index contributed by atoms with van der Waals surface area (Å²) in [4.78, 5) is 3.90. The Morgan fingerprint density at radius 1 is 1.33 bits per heavy atom. The molecule has 2 fully saturated rings. The molecule has 2 N–H and O–H groups in total. The number of fused-ring (bicyclic) bond motifs is 2. The molecule has 18 heavy (non-hydrogen) atoms. The number of hydrogen-bond donors (Lipinski definition) is 1. The molecule has 0 spiro atoms. The average Bonchev–Trinajstić information content (AvgIpc) is 2.68. The van der Waals surface area contributed by atoms with Gasteiger partial charge in [0.25, 0.3) is 10.0 Å². The number of pyridine rings is 1. The van der Waals surface area contributed by atoms with Gasteiger partial charge in [0.2, 0.25) is 0 Å². The van der Waals surface area contributed by atoms with E-state index in [1.165, 1.54) is 10.5 Å². The summed E-state index contributed by atoms with van der Waals surface area (Å²) in [6.07, 6.45) is 3.33. The Morgan fingerprint density at radius 2 is 2.00 bits per heavy atom. The van der Waals surface area contributed by atoms with Crippen molar-refractivity contribution in [3.63, 3.8) is 0 Å². The maximum Gasteiger partial charge on any atom is 0.262 e. The van der Waals surface area contributed by atoms with Crippen molar-refractivity contribution in [3.8, 4) is 0 Å². The largest absolute Gasteiger partial charge is 0.396 e. The minimum atomic E-state index is -3.60. The first-order valence-electron chi connectivity index (χ1n) is 5.93. The van der Waals surface area contributed by atoms with E-state index in [9.17, 15) is 8.42 Å². The Hall–Kier alpha value is -1.18. The third-order valence-electron chi connectivity index (χ3n) is 3.39. The normalized spacial score (nSPS) is 28.4. The molecule has 0 aromatic carbocycles. The lowest BCUT2D eigenvalue weighted by atomic mass is 10.2. The minimum Gasteiger partial charge on any atom is -0.396 e. The lowest BCUT2D eigenvalue weighted by Gasteiger charge is -2.31. The first kappa shape index (κ1) is 11.9. The molecule has 2 atom stereocenters. The smallest absolute Gasteiger partial charge is 0.262 e. The van der Waals surface area contributed by atoms with Crippen molar-refractivity contribution in [1.82, 2.24) is 9.29 Å². The average molecular weight is 269 g/mol. The number of hydrogen-bond acceptors (Lipinski definition) is 5. The molecule has 2 unspecified atom stereocenters. The summed E-state index contributed by atoms with van der Waals surface area (Å²) in [6.45, 7) is 0.795. The Bertz CT molecular complexity index is 548. The van der Waals surface area contributed by atoms with Gasteiger partial charge in [-0.1, -0.05) is 0 Å². The molecule has 2 aliphatic heterocycles. The SMILES string of the molecule is Nc1cccnc1S(=O)(=O)N1CC2CCC(C1)O2. The molecule has 2 saturated heterocycles. The molecule has 2 bridgehead atoms. The Labute approximate surface area is 106 Å². The summed E-state index contributed by atoms with van der Waals surface area (Å²) in [5, 5.41) is -0.0497. The van der Waals surface area contributed by atoms with Gasteiger partial charge in [-0.05, 0) is 25.0 Å². The number of rotatable bonds is 2. The van der Waals surface area contributed by atoms with Gasteiger partial charge in [-0.3, -0.25) is 0 Å². The predicted octanol–water partition coefficient (Wildman–Crippen LogP) is 0.216. The quantitative estimate of drug-likeness (QED) is 0.830. The van der Waals surface area contributed by atoms with Crippen molar-refractivity contribution in [1.29, 1.82) is 0 Å². The molecular formula is C11H15N3O3S. The van der Waals surface area contributed by atoms with Crippen molar-refractivity contribution in [2.24, 2.45) is 0 Å². The second kappa shape index (κ2) is 4.18. The lowest BCUT2D eigenvalue weighted by Crippen LogP contribution is -2.46. The van der Waals surface area contributed by atoms with Gasteiger partial charge >= 0.3 is 0 Å². The molecule has 1 aromatic heterocycles. The minimum absolute atomic E-state index is 0.0171. The number of aromatic nitrogens is 1. The molecule has 0 radical (unpaired) electrons. The zero-order valence-electron chi connectivity index (χ0n) is 9.82. The van der Waals surface area contributed by atoms with Crippen LogP contribution in [0, 0.1) is 0 Å². The number of nitrogens with two attached hydrogens (primary N) is 1. The van der Waals surface area contributed by atoms with Crippen LogP contribution in [0.25, 0.3) is 0 Å². The maximum absolute atomic E-state index is 12.5. The molecule has 7 heteroatoms. The van der Waals surface area contributed by atoms with Gasteiger partial charge in [-0.15, -0.1) is 0 Å². The standard InChI is InChI=1S/C11H15N3O3S/c12-10-2-1-5-13-11(10)18(15,16)14-6-8-3-4-9(7-14)17-8/h1-2,5,8-9H,3-4,6-7,12H2. The highest BCUT2D eigenvalue weighted by atomic mass is 32.2. The van der Waals surface area contributed by atoms with Crippen LogP contribution in [0.3, 0.4) is 0 Å². The summed E-state index contributed by atoms with van der Waals surface area (Å²) in [6, 6.07) is 3.17. The summed E-state index contributed by atoms with van der Waals surface area (Å²) in [5.41, 5.74) is 5.89. The van der Waals surface area contributed by atoms with Crippen molar-refractivity contribution in [2.75, 3.05) is 18.8 Å². The molecule has 0 amide bonds. The topological polar surface area (TPSA) is 85.5 Å². The van der Waals surface area contributed by atoms with Crippen LogP contribution < -0.4 is 5.73 Å². The number of ether oxygens (including phenoxy) is 1. The van der Waals surface area contributed by atoms with E-state index in [1.807, 2.05) is 0 Å². The van der Waals surface area contributed by atoms with Gasteiger partial charge in [0.05, 0.1) is 17.9 Å². The molecular weight excluding hydrogens is 254 g/mol. The number of nitrogens with zero attached hydrogens (tertiary/aromatic N) is 2. The van der Waals surface area contributed by atoms with Crippen LogP contribution in [0.15, 0.2) is 23.4 Å². The Balaban J connectivity index is 1.94. The zero-order valence-corrected chi connectivity index (χ0v) is 10.6. The molecule has 3 rings (SSSR count). The van der Waals surface area contributed by atoms with Crippen LogP contribution in [0.2, 0.25) is 0 Å². The van der Waals surface area contributed by atoms with Gasteiger partial charge in [0.15, 0.2) is 5.03 Å². The van der Waals surface area contributed by atoms with E-state index < -0.39 is 10.0 Å². The molecule has 1 aromatic rings. The van der Waals surface area contributed by atoms with Gasteiger partial charge in [0.1, 0.15) is 0 Å². The summed E-state index contributed by atoms with van der Waals surface area (Å²) in [5.74, 6) is 0. The fourth-order valence-electron chi connectivity index (χ4n) is 2.51. The highest BCUT2D eigenvalue weighted by Gasteiger charge is 2.40. The van der Waals surface area contributed by atoms with E-state index in [0.29, 0.717) is 13.1 Å². The summed E-state index contributed by atoms with van der Waals surface area (Å²) < 4.78 is 32.0. The van der Waals surface area contributed by atoms with E-state index in [4.69, 9.17) is 10.5 Å².